The number of carbonyl (C=O) groups is 1. The van der Waals surface area contributed by atoms with E-state index in [1.54, 1.807) is 0 Å². The van der Waals surface area contributed by atoms with Crippen LogP contribution in [-0.2, 0) is 4.79 Å². The molecule has 0 aliphatic carbocycles. The van der Waals surface area contributed by atoms with E-state index in [4.69, 9.17) is 34.8 Å². The van der Waals surface area contributed by atoms with Gasteiger partial charge in [0.25, 0.3) is 0 Å². The zero-order valence-electron chi connectivity index (χ0n) is 4.03. The number of alkyl halides is 3. The lowest BCUT2D eigenvalue weighted by Gasteiger charge is -1.97. The number of ketones is 1. The second-order valence-corrected chi connectivity index (χ2v) is 2.32. The maximum Gasteiger partial charge on any atom is 0.166 e. The van der Waals surface area contributed by atoms with Crippen LogP contribution in [0, 0.1) is 0 Å². The molecule has 0 aromatic rings. The van der Waals surface area contributed by atoms with Gasteiger partial charge in [-0.05, 0) is 0 Å². The minimum Gasteiger partial charge on any atom is -0.297 e. The molecule has 1 nitrogen and oxygen atoms in total. The summed E-state index contributed by atoms with van der Waals surface area (Å²) in [5.74, 6) is -0.142. The first-order valence-corrected chi connectivity index (χ1v) is 3.51. The van der Waals surface area contributed by atoms with Gasteiger partial charge in [-0.25, -0.2) is 0 Å². The van der Waals surface area contributed by atoms with Gasteiger partial charge in [0.1, 0.15) is 5.38 Å². The Balaban J connectivity index is 3.46. The van der Waals surface area contributed by atoms with E-state index in [1.807, 2.05) is 0 Å². The normalized spacial score (nSPS) is 13.4. The first-order chi connectivity index (χ1) is 3.72. The third-order valence-corrected chi connectivity index (χ3v) is 1.74. The summed E-state index contributed by atoms with van der Waals surface area (Å²) >= 11 is 15.7. The van der Waals surface area contributed by atoms with Crippen molar-refractivity contribution in [3.05, 3.63) is 0 Å². The molecule has 8 heavy (non-hydrogen) atoms. The van der Waals surface area contributed by atoms with Crippen molar-refractivity contribution in [1.29, 1.82) is 0 Å². The van der Waals surface area contributed by atoms with E-state index < -0.39 is 5.38 Å². The molecule has 0 spiro atoms. The molecule has 0 amide bonds. The number of halogens is 3. The van der Waals surface area contributed by atoms with Crippen LogP contribution in [0.1, 0.15) is 0 Å². The minimum absolute atomic E-state index is 0.0547. The molecule has 0 aromatic heterocycles. The highest BCUT2D eigenvalue weighted by Gasteiger charge is 2.10. The monoisotopic (exact) mass is 174 g/mol. The molecule has 48 valence electrons. The zero-order chi connectivity index (χ0) is 6.57. The third-order valence-electron chi connectivity index (χ3n) is 0.617. The van der Waals surface area contributed by atoms with Crippen LogP contribution in [0.25, 0.3) is 0 Å². The van der Waals surface area contributed by atoms with Gasteiger partial charge in [0.2, 0.25) is 0 Å². The van der Waals surface area contributed by atoms with Gasteiger partial charge in [0, 0.05) is 5.88 Å². The summed E-state index contributed by atoms with van der Waals surface area (Å²) in [5.41, 5.74) is 0. The molecule has 0 saturated heterocycles. The van der Waals surface area contributed by atoms with Gasteiger partial charge in [-0.2, -0.15) is 0 Å². The Hall–Kier alpha value is 0.540. The predicted octanol–water partition coefficient (Wildman–Crippen LogP) is 1.64. The summed E-state index contributed by atoms with van der Waals surface area (Å²) < 4.78 is 0. The Morgan fingerprint density at radius 1 is 1.50 bits per heavy atom. The fourth-order valence-corrected chi connectivity index (χ4v) is 0.684. The van der Waals surface area contributed by atoms with E-state index >= 15 is 0 Å². The summed E-state index contributed by atoms with van der Waals surface area (Å²) in [7, 11) is 0. The Kier molecular flexibility index (Phi) is 4.72. The standard InChI is InChI=1S/C4H5Cl3O/c5-1-3(7)4(8)2-6/h3H,1-2H2. The second-order valence-electron chi connectivity index (χ2n) is 1.22. The number of hydrogen-bond acceptors (Lipinski definition) is 1. The molecule has 0 N–H and O–H groups in total. The summed E-state index contributed by atoms with van der Waals surface area (Å²) in [5, 5.41) is -0.617. The van der Waals surface area contributed by atoms with Crippen LogP contribution in [0.15, 0.2) is 0 Å². The average Bonchev–Trinajstić information content (AvgIpc) is 1.84. The molecular weight excluding hydrogens is 170 g/mol. The van der Waals surface area contributed by atoms with E-state index in [0.717, 1.165) is 0 Å². The van der Waals surface area contributed by atoms with Crippen LogP contribution in [0.2, 0.25) is 0 Å². The van der Waals surface area contributed by atoms with Gasteiger partial charge >= 0.3 is 0 Å². The van der Waals surface area contributed by atoms with E-state index in [9.17, 15) is 4.79 Å². The lowest BCUT2D eigenvalue weighted by atomic mass is 10.3. The molecule has 0 radical (unpaired) electrons. The van der Waals surface area contributed by atoms with Crippen molar-refractivity contribution in [2.24, 2.45) is 0 Å². The fraction of sp³-hybridized carbons (Fsp3) is 0.750. The van der Waals surface area contributed by atoms with Gasteiger partial charge in [0.15, 0.2) is 5.78 Å². The quantitative estimate of drug-likeness (QED) is 0.596. The van der Waals surface area contributed by atoms with E-state index in [-0.39, 0.29) is 17.5 Å². The van der Waals surface area contributed by atoms with Crippen molar-refractivity contribution in [1.82, 2.24) is 0 Å². The maximum atomic E-state index is 10.4. The van der Waals surface area contributed by atoms with Crippen molar-refractivity contribution in [2.75, 3.05) is 11.8 Å². The maximum absolute atomic E-state index is 10.4. The molecular formula is C4H5Cl3O. The number of hydrogen-bond donors (Lipinski definition) is 0. The lowest BCUT2D eigenvalue weighted by Crippen LogP contribution is -2.16. The van der Waals surface area contributed by atoms with Crippen LogP contribution in [0.3, 0.4) is 0 Å². The van der Waals surface area contributed by atoms with Crippen LogP contribution in [0.4, 0.5) is 0 Å². The summed E-state index contributed by atoms with van der Waals surface area (Å²) in [4.78, 5) is 10.4. The lowest BCUT2D eigenvalue weighted by molar-refractivity contribution is -0.116. The van der Waals surface area contributed by atoms with Crippen molar-refractivity contribution in [3.8, 4) is 0 Å². The molecule has 0 bridgehead atoms. The molecule has 0 saturated carbocycles. The Bertz CT molecular complexity index is 83.4. The third kappa shape index (κ3) is 2.75. The second kappa shape index (κ2) is 4.42. The van der Waals surface area contributed by atoms with E-state index in [1.165, 1.54) is 0 Å². The van der Waals surface area contributed by atoms with Crippen LogP contribution >= 0.6 is 34.8 Å². The van der Waals surface area contributed by atoms with E-state index in [0.29, 0.717) is 0 Å². The van der Waals surface area contributed by atoms with Crippen LogP contribution < -0.4 is 0 Å². The fourth-order valence-electron chi connectivity index (χ4n) is 0.170. The van der Waals surface area contributed by atoms with Crippen molar-refractivity contribution >= 4 is 40.6 Å². The smallest absolute Gasteiger partial charge is 0.166 e. The van der Waals surface area contributed by atoms with Gasteiger partial charge in [-0.1, -0.05) is 0 Å². The summed E-state index contributed by atoms with van der Waals surface area (Å²) in [6, 6.07) is 0. The molecule has 0 fully saturated rings. The Morgan fingerprint density at radius 3 is 2.12 bits per heavy atom. The molecule has 0 heterocycles. The molecule has 0 aromatic carbocycles. The predicted molar refractivity (Wildman–Crippen MR) is 36.1 cm³/mol. The van der Waals surface area contributed by atoms with Gasteiger partial charge in [0.05, 0.1) is 5.88 Å². The number of Topliss-reactive ketones (excluding diaryl/α,β-unsaturated/α-hetero) is 1. The molecule has 1 unspecified atom stereocenters. The highest BCUT2D eigenvalue weighted by Crippen LogP contribution is 2.00. The highest BCUT2D eigenvalue weighted by atomic mass is 35.5. The molecule has 0 aliphatic rings. The Labute approximate surface area is 62.9 Å². The zero-order valence-corrected chi connectivity index (χ0v) is 6.30. The van der Waals surface area contributed by atoms with Crippen molar-refractivity contribution in [2.45, 2.75) is 5.38 Å². The molecule has 0 rings (SSSR count). The molecule has 4 heteroatoms. The Morgan fingerprint density at radius 2 is 2.00 bits per heavy atom. The van der Waals surface area contributed by atoms with E-state index in [2.05, 4.69) is 0 Å². The van der Waals surface area contributed by atoms with Crippen LogP contribution in [0.5, 0.6) is 0 Å². The summed E-state index contributed by atoms with van der Waals surface area (Å²) in [6.45, 7) is 0. The molecule has 1 atom stereocenters. The largest absolute Gasteiger partial charge is 0.297 e. The number of rotatable bonds is 3. The summed E-state index contributed by atoms with van der Waals surface area (Å²) in [6.07, 6.45) is 0. The SMILES string of the molecule is O=C(CCl)C(Cl)CCl. The van der Waals surface area contributed by atoms with Crippen molar-refractivity contribution in [3.63, 3.8) is 0 Å². The minimum atomic E-state index is -0.617. The van der Waals surface area contributed by atoms with Gasteiger partial charge in [-0.15, -0.1) is 34.8 Å². The number of carbonyl (C=O) groups excluding carboxylic acids is 1. The van der Waals surface area contributed by atoms with Gasteiger partial charge < -0.3 is 0 Å². The molecule has 0 aliphatic heterocycles. The first-order valence-electron chi connectivity index (χ1n) is 2.01. The van der Waals surface area contributed by atoms with Crippen molar-refractivity contribution < 1.29 is 4.79 Å². The average molecular weight is 175 g/mol. The van der Waals surface area contributed by atoms with Crippen LogP contribution in [-0.4, -0.2) is 22.9 Å². The topological polar surface area (TPSA) is 17.1 Å². The van der Waals surface area contributed by atoms with Gasteiger partial charge in [-0.3, -0.25) is 4.79 Å². The first kappa shape index (κ1) is 8.54. The highest BCUT2D eigenvalue weighted by molar-refractivity contribution is 6.41.